The van der Waals surface area contributed by atoms with Gasteiger partial charge in [0.05, 0.1) is 17.6 Å². The molecule has 0 radical (unpaired) electrons. The van der Waals surface area contributed by atoms with Crippen LogP contribution in [0.5, 0.6) is 5.75 Å². The van der Waals surface area contributed by atoms with Crippen LogP contribution in [-0.2, 0) is 9.53 Å². The standard InChI is InChI=1S/C21H23N3O6/c1-15(30-19-9-8-16(21(26)29-2)14-18(19)24(27)28)20(25)23-12-10-22(11-13-23)17-6-4-3-5-7-17/h3-9,14-15H,10-13H2,1-2H3/t15-/m0/s1. The molecule has 158 valence electrons. The van der Waals surface area contributed by atoms with Crippen LogP contribution in [0.3, 0.4) is 0 Å². The van der Waals surface area contributed by atoms with Gasteiger partial charge in [-0.2, -0.15) is 0 Å². The van der Waals surface area contributed by atoms with Crippen molar-refractivity contribution in [2.24, 2.45) is 0 Å². The van der Waals surface area contributed by atoms with Gasteiger partial charge in [-0.1, -0.05) is 18.2 Å². The van der Waals surface area contributed by atoms with E-state index in [1.54, 1.807) is 11.8 Å². The van der Waals surface area contributed by atoms with Gasteiger partial charge in [0.2, 0.25) is 0 Å². The summed E-state index contributed by atoms with van der Waals surface area (Å²) in [6.45, 7) is 4.01. The molecule has 1 saturated heterocycles. The summed E-state index contributed by atoms with van der Waals surface area (Å²) < 4.78 is 10.2. The van der Waals surface area contributed by atoms with Gasteiger partial charge in [0.25, 0.3) is 5.91 Å². The second-order valence-corrected chi connectivity index (χ2v) is 6.84. The number of anilines is 1. The van der Waals surface area contributed by atoms with Crippen molar-refractivity contribution in [3.63, 3.8) is 0 Å². The number of methoxy groups -OCH3 is 1. The van der Waals surface area contributed by atoms with E-state index in [1.165, 1.54) is 19.2 Å². The Balaban J connectivity index is 1.64. The Labute approximate surface area is 173 Å². The molecular weight excluding hydrogens is 390 g/mol. The summed E-state index contributed by atoms with van der Waals surface area (Å²) in [6, 6.07) is 13.7. The van der Waals surface area contributed by atoms with Crippen molar-refractivity contribution in [3.05, 3.63) is 64.2 Å². The van der Waals surface area contributed by atoms with Crippen molar-refractivity contribution in [1.29, 1.82) is 0 Å². The molecule has 9 heteroatoms. The molecule has 30 heavy (non-hydrogen) atoms. The number of benzene rings is 2. The summed E-state index contributed by atoms with van der Waals surface area (Å²) in [5, 5.41) is 11.4. The molecule has 0 spiro atoms. The number of piperazine rings is 1. The number of carbonyl (C=O) groups excluding carboxylic acids is 2. The molecule has 1 heterocycles. The molecule has 1 fully saturated rings. The van der Waals surface area contributed by atoms with E-state index in [2.05, 4.69) is 9.64 Å². The molecule has 1 atom stereocenters. The SMILES string of the molecule is COC(=O)c1ccc(O[C@@H](C)C(=O)N2CCN(c3ccccc3)CC2)c([N+](=O)[O-])c1. The Morgan fingerprint density at radius 1 is 1.07 bits per heavy atom. The van der Waals surface area contributed by atoms with E-state index in [1.807, 2.05) is 30.3 Å². The molecule has 0 N–H and O–H groups in total. The monoisotopic (exact) mass is 413 g/mol. The van der Waals surface area contributed by atoms with Crippen molar-refractivity contribution in [3.8, 4) is 5.75 Å². The maximum absolute atomic E-state index is 12.8. The Hall–Kier alpha value is -3.62. The summed E-state index contributed by atoms with van der Waals surface area (Å²) in [5.74, 6) is -1.00. The minimum atomic E-state index is -0.907. The number of nitro groups is 1. The van der Waals surface area contributed by atoms with Gasteiger partial charge in [-0.15, -0.1) is 0 Å². The maximum Gasteiger partial charge on any atom is 0.338 e. The van der Waals surface area contributed by atoms with E-state index in [-0.39, 0.29) is 17.2 Å². The highest BCUT2D eigenvalue weighted by molar-refractivity contribution is 5.90. The number of para-hydroxylation sites is 1. The van der Waals surface area contributed by atoms with Crippen molar-refractivity contribution < 1.29 is 24.0 Å². The predicted molar refractivity (Wildman–Crippen MR) is 110 cm³/mol. The fourth-order valence-corrected chi connectivity index (χ4v) is 3.33. The maximum atomic E-state index is 12.8. The van der Waals surface area contributed by atoms with Crippen LogP contribution < -0.4 is 9.64 Å². The van der Waals surface area contributed by atoms with E-state index in [9.17, 15) is 19.7 Å². The number of carbonyl (C=O) groups is 2. The smallest absolute Gasteiger partial charge is 0.338 e. The number of esters is 1. The lowest BCUT2D eigenvalue weighted by atomic mass is 10.2. The van der Waals surface area contributed by atoms with Crippen molar-refractivity contribution in [1.82, 2.24) is 4.90 Å². The third kappa shape index (κ3) is 4.68. The van der Waals surface area contributed by atoms with Crippen LogP contribution in [0.2, 0.25) is 0 Å². The number of rotatable bonds is 6. The van der Waals surface area contributed by atoms with Crippen LogP contribution in [0.4, 0.5) is 11.4 Å². The lowest BCUT2D eigenvalue weighted by Crippen LogP contribution is -2.52. The molecule has 2 aromatic carbocycles. The van der Waals surface area contributed by atoms with Gasteiger partial charge >= 0.3 is 11.7 Å². The third-order valence-electron chi connectivity index (χ3n) is 4.94. The molecule has 0 aromatic heterocycles. The molecule has 0 bridgehead atoms. The summed E-state index contributed by atoms with van der Waals surface area (Å²) in [4.78, 5) is 39.0. The summed E-state index contributed by atoms with van der Waals surface area (Å²) in [5.41, 5.74) is 0.745. The number of nitrogens with zero attached hydrogens (tertiary/aromatic N) is 3. The minimum Gasteiger partial charge on any atom is -0.474 e. The Bertz CT molecular complexity index is 926. The highest BCUT2D eigenvalue weighted by Gasteiger charge is 2.28. The van der Waals surface area contributed by atoms with Crippen LogP contribution in [0, 0.1) is 10.1 Å². The molecule has 1 amide bonds. The highest BCUT2D eigenvalue weighted by Crippen LogP contribution is 2.29. The Kier molecular flexibility index (Phi) is 6.51. The van der Waals surface area contributed by atoms with Gasteiger partial charge < -0.3 is 19.3 Å². The molecule has 0 saturated carbocycles. The normalized spacial score (nSPS) is 14.7. The molecule has 0 unspecified atom stereocenters. The number of nitro benzene ring substituents is 1. The number of hydrogen-bond donors (Lipinski definition) is 0. The van der Waals surface area contributed by atoms with Gasteiger partial charge in [-0.05, 0) is 31.2 Å². The first-order chi connectivity index (χ1) is 14.4. The zero-order valence-electron chi connectivity index (χ0n) is 16.8. The Morgan fingerprint density at radius 3 is 2.33 bits per heavy atom. The zero-order chi connectivity index (χ0) is 21.7. The van der Waals surface area contributed by atoms with E-state index in [0.717, 1.165) is 11.8 Å². The molecular formula is C21H23N3O6. The molecule has 3 rings (SSSR count). The largest absolute Gasteiger partial charge is 0.474 e. The molecule has 2 aromatic rings. The Morgan fingerprint density at radius 2 is 1.73 bits per heavy atom. The first-order valence-electron chi connectivity index (χ1n) is 9.53. The van der Waals surface area contributed by atoms with Gasteiger partial charge in [-0.3, -0.25) is 14.9 Å². The third-order valence-corrected chi connectivity index (χ3v) is 4.94. The van der Waals surface area contributed by atoms with Gasteiger partial charge in [0.1, 0.15) is 0 Å². The first kappa shape index (κ1) is 21.1. The van der Waals surface area contributed by atoms with Gasteiger partial charge in [0, 0.05) is 37.9 Å². The second kappa shape index (κ2) is 9.25. The van der Waals surface area contributed by atoms with Crippen molar-refractivity contribution in [2.45, 2.75) is 13.0 Å². The first-order valence-corrected chi connectivity index (χ1v) is 9.53. The summed E-state index contributed by atoms with van der Waals surface area (Å²) >= 11 is 0. The van der Waals surface area contributed by atoms with Crippen molar-refractivity contribution >= 4 is 23.3 Å². The fourth-order valence-electron chi connectivity index (χ4n) is 3.33. The zero-order valence-corrected chi connectivity index (χ0v) is 16.8. The van der Waals surface area contributed by atoms with Gasteiger partial charge in [-0.25, -0.2) is 4.79 Å². The molecule has 9 nitrogen and oxygen atoms in total. The van der Waals surface area contributed by atoms with Crippen LogP contribution >= 0.6 is 0 Å². The highest BCUT2D eigenvalue weighted by atomic mass is 16.6. The second-order valence-electron chi connectivity index (χ2n) is 6.84. The fraction of sp³-hybridized carbons (Fsp3) is 0.333. The number of hydrogen-bond acceptors (Lipinski definition) is 7. The molecule has 1 aliphatic heterocycles. The molecule has 0 aliphatic carbocycles. The van der Waals surface area contributed by atoms with Crippen LogP contribution in [0.1, 0.15) is 17.3 Å². The topological polar surface area (TPSA) is 102 Å². The average Bonchev–Trinajstić information content (AvgIpc) is 2.78. The van der Waals surface area contributed by atoms with Crippen LogP contribution in [0.15, 0.2) is 48.5 Å². The van der Waals surface area contributed by atoms with Gasteiger partial charge in [0.15, 0.2) is 11.9 Å². The molecule has 1 aliphatic rings. The van der Waals surface area contributed by atoms with E-state index in [4.69, 9.17) is 4.74 Å². The van der Waals surface area contributed by atoms with E-state index in [0.29, 0.717) is 26.2 Å². The summed E-state index contributed by atoms with van der Waals surface area (Å²) in [7, 11) is 1.19. The van der Waals surface area contributed by atoms with Crippen molar-refractivity contribution in [2.75, 3.05) is 38.2 Å². The average molecular weight is 413 g/mol. The number of amides is 1. The lowest BCUT2D eigenvalue weighted by Gasteiger charge is -2.37. The lowest BCUT2D eigenvalue weighted by molar-refractivity contribution is -0.386. The van der Waals surface area contributed by atoms with Crippen LogP contribution in [0.25, 0.3) is 0 Å². The predicted octanol–water partition coefficient (Wildman–Crippen LogP) is 2.50. The quantitative estimate of drug-likeness (QED) is 0.407. The minimum absolute atomic E-state index is 0.0348. The number of ether oxygens (including phenoxy) is 2. The van der Waals surface area contributed by atoms with E-state index >= 15 is 0 Å². The summed E-state index contributed by atoms with van der Waals surface area (Å²) in [6.07, 6.45) is -0.907. The van der Waals surface area contributed by atoms with Crippen LogP contribution in [-0.4, -0.2) is 61.1 Å². The van der Waals surface area contributed by atoms with E-state index < -0.39 is 22.7 Å².